The summed E-state index contributed by atoms with van der Waals surface area (Å²) in [5.41, 5.74) is 7.63. The lowest BCUT2D eigenvalue weighted by molar-refractivity contribution is 0.415. The highest BCUT2D eigenvalue weighted by atomic mass is 32.1. The Morgan fingerprint density at radius 3 is 2.69 bits per heavy atom. The fourth-order valence-electron chi connectivity index (χ4n) is 2.53. The highest BCUT2D eigenvalue weighted by molar-refractivity contribution is 7.14. The Hall–Kier alpha value is -3.19. The van der Waals surface area contributed by atoms with Gasteiger partial charge in [-0.25, -0.2) is 9.97 Å². The van der Waals surface area contributed by atoms with Crippen molar-refractivity contribution in [1.29, 1.82) is 0 Å². The molecule has 0 fully saturated rings. The minimum absolute atomic E-state index is 0.728. The highest BCUT2D eigenvalue weighted by Gasteiger charge is 2.07. The number of aromatic nitrogens is 3. The number of hydrazone groups is 1. The van der Waals surface area contributed by atoms with Crippen molar-refractivity contribution >= 4 is 33.2 Å². The second kappa shape index (κ2) is 6.97. The maximum atomic E-state index is 5.18. The molecule has 0 spiro atoms. The lowest BCUT2D eigenvalue weighted by Gasteiger charge is -2.00. The number of benzene rings is 2. The Kier molecular flexibility index (Phi) is 4.37. The zero-order valence-electron chi connectivity index (χ0n) is 14.4. The third-order valence-corrected chi connectivity index (χ3v) is 4.69. The van der Waals surface area contributed by atoms with Gasteiger partial charge in [-0.1, -0.05) is 12.1 Å². The minimum Gasteiger partial charge on any atom is -0.497 e. The molecule has 0 amide bonds. The predicted octanol–water partition coefficient (Wildman–Crippen LogP) is 4.53. The Balaban J connectivity index is 1.50. The first-order valence-corrected chi connectivity index (χ1v) is 8.96. The van der Waals surface area contributed by atoms with Crippen molar-refractivity contribution in [1.82, 2.24) is 15.0 Å². The fraction of sp³-hybridized carbons (Fsp3) is 0.105. The third kappa shape index (κ3) is 3.29. The van der Waals surface area contributed by atoms with E-state index in [2.05, 4.69) is 25.5 Å². The first-order valence-electron chi connectivity index (χ1n) is 8.08. The smallest absolute Gasteiger partial charge is 0.203 e. The van der Waals surface area contributed by atoms with E-state index in [1.54, 1.807) is 7.11 Å². The van der Waals surface area contributed by atoms with Crippen LogP contribution in [-0.4, -0.2) is 27.8 Å². The molecule has 26 heavy (non-hydrogen) atoms. The van der Waals surface area contributed by atoms with Crippen LogP contribution in [0, 0.1) is 0 Å². The molecule has 0 aliphatic rings. The maximum Gasteiger partial charge on any atom is 0.203 e. The molecule has 2 aromatic heterocycles. The van der Waals surface area contributed by atoms with Crippen molar-refractivity contribution in [2.24, 2.45) is 5.10 Å². The Bertz CT molecular complexity index is 1030. The Labute approximate surface area is 154 Å². The van der Waals surface area contributed by atoms with Gasteiger partial charge in [0, 0.05) is 10.9 Å². The van der Waals surface area contributed by atoms with Crippen LogP contribution in [0.4, 0.5) is 5.13 Å². The van der Waals surface area contributed by atoms with Crippen LogP contribution in [0.5, 0.6) is 5.75 Å². The van der Waals surface area contributed by atoms with E-state index < -0.39 is 0 Å². The summed E-state index contributed by atoms with van der Waals surface area (Å²) < 4.78 is 5.18. The summed E-state index contributed by atoms with van der Waals surface area (Å²) in [6.07, 6.45) is 0. The summed E-state index contributed by atoms with van der Waals surface area (Å²) in [6.45, 7) is 1.91. The zero-order chi connectivity index (χ0) is 17.9. The molecule has 130 valence electrons. The van der Waals surface area contributed by atoms with E-state index in [4.69, 9.17) is 4.74 Å². The molecule has 0 aliphatic carbocycles. The quantitative estimate of drug-likeness (QED) is 0.403. The molecule has 4 rings (SSSR count). The molecule has 0 unspecified atom stereocenters. The normalized spacial score (nSPS) is 11.7. The summed E-state index contributed by atoms with van der Waals surface area (Å²) in [5, 5.41) is 7.12. The van der Waals surface area contributed by atoms with Crippen LogP contribution in [0.15, 0.2) is 59.0 Å². The van der Waals surface area contributed by atoms with Crippen LogP contribution < -0.4 is 10.2 Å². The average molecular weight is 363 g/mol. The van der Waals surface area contributed by atoms with Gasteiger partial charge >= 0.3 is 0 Å². The van der Waals surface area contributed by atoms with E-state index in [-0.39, 0.29) is 0 Å². The van der Waals surface area contributed by atoms with Gasteiger partial charge in [0.25, 0.3) is 0 Å². The minimum atomic E-state index is 0.728. The van der Waals surface area contributed by atoms with E-state index >= 15 is 0 Å². The number of fused-ring (bicyclic) bond motifs is 1. The average Bonchev–Trinajstić information content (AvgIpc) is 3.33. The third-order valence-electron chi connectivity index (χ3n) is 3.94. The van der Waals surface area contributed by atoms with Crippen molar-refractivity contribution in [3.05, 3.63) is 59.7 Å². The number of aromatic amines is 1. The molecule has 7 heteroatoms. The molecular formula is C19H17N5OS. The first kappa shape index (κ1) is 16.3. The van der Waals surface area contributed by atoms with Crippen LogP contribution in [0.1, 0.15) is 12.7 Å². The SMILES string of the molecule is COc1ccc(-c2csc(N/N=C(\C)c3nc4ccccc4[nH]3)n2)cc1. The molecule has 0 bridgehead atoms. The number of nitrogens with zero attached hydrogens (tertiary/aromatic N) is 3. The lowest BCUT2D eigenvalue weighted by atomic mass is 10.2. The summed E-state index contributed by atoms with van der Waals surface area (Å²) in [5.74, 6) is 1.57. The Morgan fingerprint density at radius 1 is 1.12 bits per heavy atom. The van der Waals surface area contributed by atoms with Crippen LogP contribution >= 0.6 is 11.3 Å². The monoisotopic (exact) mass is 363 g/mol. The van der Waals surface area contributed by atoms with Gasteiger partial charge in [0.15, 0.2) is 5.82 Å². The van der Waals surface area contributed by atoms with Gasteiger partial charge in [-0.05, 0) is 43.3 Å². The molecular weight excluding hydrogens is 346 g/mol. The number of anilines is 1. The molecule has 2 aromatic carbocycles. The van der Waals surface area contributed by atoms with Crippen molar-refractivity contribution in [2.75, 3.05) is 12.5 Å². The van der Waals surface area contributed by atoms with Crippen molar-refractivity contribution in [2.45, 2.75) is 6.92 Å². The summed E-state index contributed by atoms with van der Waals surface area (Å²) in [7, 11) is 1.65. The van der Waals surface area contributed by atoms with E-state index in [1.807, 2.05) is 60.8 Å². The standard InChI is InChI=1S/C19H17N5OS/c1-12(18-20-15-5-3-4-6-16(15)21-18)23-24-19-22-17(11-26-19)13-7-9-14(25-2)10-8-13/h3-11H,1-2H3,(H,20,21)(H,22,24)/b23-12+. The second-order valence-corrected chi connectivity index (χ2v) is 6.54. The number of hydrogen-bond donors (Lipinski definition) is 2. The van der Waals surface area contributed by atoms with Gasteiger partial charge in [0.1, 0.15) is 11.5 Å². The predicted molar refractivity (Wildman–Crippen MR) is 106 cm³/mol. The van der Waals surface area contributed by atoms with Gasteiger partial charge in [-0.2, -0.15) is 5.10 Å². The summed E-state index contributed by atoms with van der Waals surface area (Å²) in [6, 6.07) is 15.7. The molecule has 0 atom stereocenters. The van der Waals surface area contributed by atoms with E-state index in [9.17, 15) is 0 Å². The molecule has 2 N–H and O–H groups in total. The van der Waals surface area contributed by atoms with Crippen molar-refractivity contribution in [3.63, 3.8) is 0 Å². The molecule has 4 aromatic rings. The van der Waals surface area contributed by atoms with Crippen LogP contribution in [-0.2, 0) is 0 Å². The lowest BCUT2D eigenvalue weighted by Crippen LogP contribution is -2.01. The van der Waals surface area contributed by atoms with E-state index in [0.717, 1.165) is 44.7 Å². The van der Waals surface area contributed by atoms with Gasteiger partial charge < -0.3 is 9.72 Å². The Morgan fingerprint density at radius 2 is 1.92 bits per heavy atom. The first-order chi connectivity index (χ1) is 12.7. The van der Waals surface area contributed by atoms with E-state index in [0.29, 0.717) is 0 Å². The number of nitrogens with one attached hydrogen (secondary N) is 2. The number of hydrogen-bond acceptors (Lipinski definition) is 6. The molecule has 0 aliphatic heterocycles. The number of methoxy groups -OCH3 is 1. The molecule has 0 radical (unpaired) electrons. The maximum absolute atomic E-state index is 5.18. The number of thiazole rings is 1. The fourth-order valence-corrected chi connectivity index (χ4v) is 3.19. The molecule has 0 saturated carbocycles. The molecule has 2 heterocycles. The van der Waals surface area contributed by atoms with Gasteiger partial charge in [-0.15, -0.1) is 11.3 Å². The van der Waals surface area contributed by atoms with E-state index in [1.165, 1.54) is 11.3 Å². The van der Waals surface area contributed by atoms with Crippen molar-refractivity contribution in [3.8, 4) is 17.0 Å². The molecule has 0 saturated heterocycles. The van der Waals surface area contributed by atoms with Gasteiger partial charge in [0.05, 0.1) is 23.8 Å². The van der Waals surface area contributed by atoms with Crippen LogP contribution in [0.25, 0.3) is 22.3 Å². The second-order valence-electron chi connectivity index (χ2n) is 5.68. The number of ether oxygens (including phenoxy) is 1. The van der Waals surface area contributed by atoms with Crippen LogP contribution in [0.2, 0.25) is 0 Å². The number of para-hydroxylation sites is 2. The molecule has 6 nitrogen and oxygen atoms in total. The zero-order valence-corrected chi connectivity index (χ0v) is 15.2. The number of rotatable bonds is 5. The number of imidazole rings is 1. The summed E-state index contributed by atoms with van der Waals surface area (Å²) >= 11 is 1.51. The largest absolute Gasteiger partial charge is 0.497 e. The summed E-state index contributed by atoms with van der Waals surface area (Å²) in [4.78, 5) is 12.4. The van der Waals surface area contributed by atoms with Crippen LogP contribution in [0.3, 0.4) is 0 Å². The number of H-pyrrole nitrogens is 1. The van der Waals surface area contributed by atoms with Gasteiger partial charge in [0.2, 0.25) is 5.13 Å². The van der Waals surface area contributed by atoms with Gasteiger partial charge in [-0.3, -0.25) is 5.43 Å². The van der Waals surface area contributed by atoms with Crippen molar-refractivity contribution < 1.29 is 4.74 Å². The highest BCUT2D eigenvalue weighted by Crippen LogP contribution is 2.26. The topological polar surface area (TPSA) is 75.2 Å².